The topological polar surface area (TPSA) is 71.1 Å². The van der Waals surface area contributed by atoms with E-state index in [0.29, 0.717) is 22.1 Å². The number of aryl methyl sites for hydroxylation is 2. The monoisotopic (exact) mass is 424 g/mol. The van der Waals surface area contributed by atoms with Crippen molar-refractivity contribution < 1.29 is 13.4 Å². The van der Waals surface area contributed by atoms with Gasteiger partial charge in [-0.1, -0.05) is 15.8 Å². The molecule has 0 aliphatic heterocycles. The van der Waals surface area contributed by atoms with Crippen LogP contribution in [0.15, 0.2) is 47.4 Å². The Morgan fingerprint density at radius 1 is 1.15 bits per heavy atom. The number of benzene rings is 2. The Morgan fingerprint density at radius 2 is 1.81 bits per heavy atom. The van der Waals surface area contributed by atoms with E-state index in [1.165, 1.54) is 29.5 Å². The van der Waals surface area contributed by atoms with Crippen molar-refractivity contribution in [1.82, 2.24) is 4.98 Å². The number of hydrogen-bond donors (Lipinski definition) is 2. The first-order valence-electron chi connectivity index (χ1n) is 7.88. The lowest BCUT2D eigenvalue weighted by molar-refractivity contribution is 0.102. The molecule has 1 atom stereocenters. The second-order valence-corrected chi connectivity index (χ2v) is 8.81. The third-order valence-electron chi connectivity index (χ3n) is 3.62. The van der Waals surface area contributed by atoms with E-state index in [2.05, 4.69) is 15.0 Å². The van der Waals surface area contributed by atoms with Gasteiger partial charge in [0.2, 0.25) is 4.90 Å². The first-order chi connectivity index (χ1) is 12.8. The quantitative estimate of drug-likeness (QED) is 0.452. The summed E-state index contributed by atoms with van der Waals surface area (Å²) in [6.07, 6.45) is 0. The minimum absolute atomic E-state index is 0.0380. The summed E-state index contributed by atoms with van der Waals surface area (Å²) in [4.78, 5) is 17.3. The van der Waals surface area contributed by atoms with E-state index in [1.807, 2.05) is 13.8 Å². The van der Waals surface area contributed by atoms with Crippen LogP contribution < -0.4 is 10.0 Å². The van der Waals surface area contributed by atoms with Crippen LogP contribution in [-0.2, 0) is 15.2 Å². The molecule has 2 N–H and O–H groups in total. The molecule has 0 aliphatic carbocycles. The maximum Gasteiger partial charge on any atom is 0.275 e. The van der Waals surface area contributed by atoms with Crippen molar-refractivity contribution in [3.63, 3.8) is 0 Å². The van der Waals surface area contributed by atoms with E-state index < -0.39 is 22.7 Å². The van der Waals surface area contributed by atoms with Crippen molar-refractivity contribution in [2.24, 2.45) is 0 Å². The molecular weight excluding hydrogens is 409 g/mol. The Balaban J connectivity index is 1.79. The number of carbonyl (C=O) groups excluding carboxylic acids is 1. The number of amides is 1. The number of nitrogens with zero attached hydrogens (tertiary/aromatic N) is 1. The van der Waals surface area contributed by atoms with Gasteiger partial charge in [0.15, 0.2) is 16.8 Å². The van der Waals surface area contributed by atoms with E-state index in [1.54, 1.807) is 24.3 Å². The van der Waals surface area contributed by atoms with Crippen molar-refractivity contribution in [3.05, 3.63) is 68.9 Å². The van der Waals surface area contributed by atoms with E-state index in [4.69, 9.17) is 11.6 Å². The molecule has 3 aromatic rings. The molecule has 0 saturated heterocycles. The highest BCUT2D eigenvalue weighted by Crippen LogP contribution is 2.23. The number of aromatic nitrogens is 1. The molecule has 1 aromatic heterocycles. The second-order valence-electron chi connectivity index (χ2n) is 5.67. The van der Waals surface area contributed by atoms with Gasteiger partial charge in [0.05, 0.1) is 10.7 Å². The normalized spacial score (nSPS) is 11.9. The molecule has 3 rings (SSSR count). The maximum absolute atomic E-state index is 14.1. The van der Waals surface area contributed by atoms with Gasteiger partial charge in [-0.3, -0.25) is 4.79 Å². The molecule has 0 fully saturated rings. The first kappa shape index (κ1) is 19.5. The number of rotatable bonds is 5. The Labute approximate surface area is 167 Å². The second kappa shape index (κ2) is 8.16. The van der Waals surface area contributed by atoms with Gasteiger partial charge in [-0.15, -0.1) is 11.3 Å². The molecule has 5 nitrogen and oxygen atoms in total. The predicted octanol–water partition coefficient (Wildman–Crippen LogP) is 4.89. The van der Waals surface area contributed by atoms with Gasteiger partial charge < -0.3 is 5.32 Å². The van der Waals surface area contributed by atoms with Crippen LogP contribution in [0, 0.1) is 19.7 Å². The maximum atomic E-state index is 14.1. The summed E-state index contributed by atoms with van der Waals surface area (Å²) in [7, 11) is -2.26. The molecule has 0 aliphatic rings. The van der Waals surface area contributed by atoms with Crippen LogP contribution in [0.25, 0.3) is 0 Å². The fourth-order valence-electron chi connectivity index (χ4n) is 2.38. The fourth-order valence-corrected chi connectivity index (χ4v) is 4.35. The zero-order valence-electron chi connectivity index (χ0n) is 14.4. The van der Waals surface area contributed by atoms with Crippen molar-refractivity contribution >= 4 is 51.2 Å². The number of halogens is 2. The Hall–Kier alpha value is -2.29. The highest BCUT2D eigenvalue weighted by atomic mass is 35.5. The highest BCUT2D eigenvalue weighted by molar-refractivity contribution is 7.86. The van der Waals surface area contributed by atoms with Crippen molar-refractivity contribution in [2.45, 2.75) is 18.7 Å². The molecule has 0 saturated carbocycles. The molecule has 1 amide bonds. The van der Waals surface area contributed by atoms with Gasteiger partial charge in [0.1, 0.15) is 5.69 Å². The van der Waals surface area contributed by atoms with E-state index in [9.17, 15) is 13.4 Å². The van der Waals surface area contributed by atoms with Gasteiger partial charge >= 0.3 is 0 Å². The SMILES string of the molecule is Cc1nc(C(=O)Nc2ccc(F)c([SH+](=O)Nc3ccc(Cl)cc3)c2)c(C)s1. The molecule has 140 valence electrons. The van der Waals surface area contributed by atoms with Crippen LogP contribution in [0.4, 0.5) is 15.8 Å². The summed E-state index contributed by atoms with van der Waals surface area (Å²) in [6.45, 7) is 3.63. The summed E-state index contributed by atoms with van der Waals surface area (Å²) in [5.74, 6) is -1.02. The molecule has 0 radical (unpaired) electrons. The lowest BCUT2D eigenvalue weighted by Crippen LogP contribution is -2.14. The number of thiol groups is 1. The fraction of sp³-hybridized carbons (Fsp3) is 0.111. The lowest BCUT2D eigenvalue weighted by Gasteiger charge is -2.06. The van der Waals surface area contributed by atoms with Crippen LogP contribution >= 0.6 is 22.9 Å². The van der Waals surface area contributed by atoms with E-state index in [0.717, 1.165) is 9.88 Å². The Morgan fingerprint density at radius 3 is 2.44 bits per heavy atom. The lowest BCUT2D eigenvalue weighted by atomic mass is 10.3. The van der Waals surface area contributed by atoms with Gasteiger partial charge in [0.25, 0.3) is 5.91 Å². The summed E-state index contributed by atoms with van der Waals surface area (Å²) in [5, 5.41) is 4.00. The number of carbonyl (C=O) groups is 1. The third kappa shape index (κ3) is 4.71. The molecule has 27 heavy (non-hydrogen) atoms. The smallest absolute Gasteiger partial charge is 0.275 e. The zero-order valence-corrected chi connectivity index (χ0v) is 16.9. The van der Waals surface area contributed by atoms with Crippen molar-refractivity contribution in [1.29, 1.82) is 0 Å². The molecule has 9 heteroatoms. The van der Waals surface area contributed by atoms with Crippen LogP contribution in [0.3, 0.4) is 0 Å². The minimum Gasteiger partial charge on any atom is -0.320 e. The van der Waals surface area contributed by atoms with Crippen molar-refractivity contribution in [2.75, 3.05) is 10.0 Å². The van der Waals surface area contributed by atoms with Gasteiger partial charge in [-0.05, 0) is 50.2 Å². The van der Waals surface area contributed by atoms with Gasteiger partial charge in [-0.2, -0.15) is 0 Å². The highest BCUT2D eigenvalue weighted by Gasteiger charge is 2.20. The summed E-state index contributed by atoms with van der Waals surface area (Å²) in [6, 6.07) is 10.5. The van der Waals surface area contributed by atoms with E-state index >= 15 is 0 Å². The summed E-state index contributed by atoms with van der Waals surface area (Å²) in [5.41, 5.74) is 1.21. The Bertz CT molecular complexity index is 1020. The van der Waals surface area contributed by atoms with Crippen LogP contribution in [0.2, 0.25) is 5.02 Å². The largest absolute Gasteiger partial charge is 0.320 e. The number of thiazole rings is 1. The van der Waals surface area contributed by atoms with Crippen LogP contribution in [-0.4, -0.2) is 10.9 Å². The summed E-state index contributed by atoms with van der Waals surface area (Å²) < 4.78 is 29.4. The van der Waals surface area contributed by atoms with E-state index in [-0.39, 0.29) is 4.90 Å². The molecule has 0 spiro atoms. The average Bonchev–Trinajstić information content (AvgIpc) is 2.97. The number of hydrogen-bond acceptors (Lipinski definition) is 4. The molecule has 1 unspecified atom stereocenters. The van der Waals surface area contributed by atoms with Crippen LogP contribution in [0.1, 0.15) is 20.4 Å². The predicted molar refractivity (Wildman–Crippen MR) is 109 cm³/mol. The zero-order chi connectivity index (χ0) is 19.6. The first-order valence-corrected chi connectivity index (χ1v) is 10.3. The molecule has 1 heterocycles. The molecular formula is C18H16ClFN3O2S2+. The van der Waals surface area contributed by atoms with Crippen LogP contribution in [0.5, 0.6) is 0 Å². The Kier molecular flexibility index (Phi) is 5.88. The van der Waals surface area contributed by atoms with Crippen molar-refractivity contribution in [3.8, 4) is 0 Å². The third-order valence-corrected chi connectivity index (χ3v) is 6.00. The van der Waals surface area contributed by atoms with Gasteiger partial charge in [0, 0.05) is 21.7 Å². The standard InChI is InChI=1S/C18H15ClFN3O2S2/c1-10-17(21-11(2)26-10)18(24)22-14-7-8-15(20)16(9-14)27(25)23-13-5-3-12(19)4-6-13/h3-9H,1-2H3,(H,22,24)(H,23,25)/p+1. The summed E-state index contributed by atoms with van der Waals surface area (Å²) >= 11 is 7.24. The minimum atomic E-state index is -2.26. The molecule has 0 bridgehead atoms. The van der Waals surface area contributed by atoms with Gasteiger partial charge in [-0.25, -0.2) is 14.1 Å². The molecule has 2 aromatic carbocycles. The number of nitrogens with one attached hydrogen (secondary N) is 2. The number of anilines is 2. The average molecular weight is 425 g/mol.